The molecule has 0 aliphatic rings. The molecule has 0 fully saturated rings. The Hall–Kier alpha value is -2.47. The SMILES string of the molecule is Cc1ccc(CNC(=O)[C@@H](C)OC(=O)c2ccccc2[S@](C)=O)cc1. The zero-order valence-corrected chi connectivity index (χ0v) is 15.3. The second-order valence-electron chi connectivity index (χ2n) is 5.70. The van der Waals surface area contributed by atoms with Crippen LogP contribution in [0.25, 0.3) is 0 Å². The second kappa shape index (κ2) is 8.58. The first kappa shape index (κ1) is 18.9. The van der Waals surface area contributed by atoms with Crippen molar-refractivity contribution in [2.45, 2.75) is 31.4 Å². The predicted molar refractivity (Wildman–Crippen MR) is 96.7 cm³/mol. The predicted octanol–water partition coefficient (Wildman–Crippen LogP) is 2.59. The van der Waals surface area contributed by atoms with Gasteiger partial charge in [-0.3, -0.25) is 9.00 Å². The van der Waals surface area contributed by atoms with Gasteiger partial charge in [0.2, 0.25) is 0 Å². The minimum atomic E-state index is -1.32. The molecular weight excluding hydrogens is 338 g/mol. The third-order valence-electron chi connectivity index (χ3n) is 3.66. The number of hydrogen-bond acceptors (Lipinski definition) is 4. The van der Waals surface area contributed by atoms with E-state index in [0.717, 1.165) is 11.1 Å². The lowest BCUT2D eigenvalue weighted by atomic mass is 10.1. The highest BCUT2D eigenvalue weighted by Gasteiger charge is 2.21. The average Bonchev–Trinajstić information content (AvgIpc) is 2.60. The van der Waals surface area contributed by atoms with Crippen molar-refractivity contribution in [2.75, 3.05) is 6.26 Å². The van der Waals surface area contributed by atoms with Crippen LogP contribution >= 0.6 is 0 Å². The van der Waals surface area contributed by atoms with E-state index in [2.05, 4.69) is 5.32 Å². The highest BCUT2D eigenvalue weighted by atomic mass is 32.2. The van der Waals surface area contributed by atoms with Crippen LogP contribution in [0.2, 0.25) is 0 Å². The van der Waals surface area contributed by atoms with Crippen LogP contribution in [0.1, 0.15) is 28.4 Å². The second-order valence-corrected chi connectivity index (χ2v) is 7.05. The Morgan fingerprint density at radius 1 is 1.12 bits per heavy atom. The first-order valence-corrected chi connectivity index (χ1v) is 9.41. The number of hydrogen-bond donors (Lipinski definition) is 1. The Bertz CT molecular complexity index is 786. The van der Waals surface area contributed by atoms with Gasteiger partial charge in [-0.25, -0.2) is 4.79 Å². The van der Waals surface area contributed by atoms with Crippen LogP contribution in [0.5, 0.6) is 0 Å². The standard InChI is InChI=1S/C19H21NO4S/c1-13-8-10-15(11-9-13)12-20-18(21)14(2)24-19(22)16-6-4-5-7-17(16)25(3)23/h4-11,14H,12H2,1-3H3,(H,20,21)/t14-,25+/m1/s1. The molecule has 2 rings (SSSR count). The zero-order chi connectivity index (χ0) is 18.4. The minimum absolute atomic E-state index is 0.210. The van der Waals surface area contributed by atoms with Gasteiger partial charge in [-0.1, -0.05) is 42.0 Å². The van der Waals surface area contributed by atoms with Gasteiger partial charge in [0.15, 0.2) is 6.10 Å². The molecule has 2 atom stereocenters. The number of benzene rings is 2. The molecule has 25 heavy (non-hydrogen) atoms. The van der Waals surface area contributed by atoms with Gasteiger partial charge in [-0.15, -0.1) is 0 Å². The van der Waals surface area contributed by atoms with Crippen LogP contribution in [0, 0.1) is 6.92 Å². The first-order valence-electron chi connectivity index (χ1n) is 7.85. The minimum Gasteiger partial charge on any atom is -0.449 e. The molecule has 0 unspecified atom stereocenters. The summed E-state index contributed by atoms with van der Waals surface area (Å²) in [5, 5.41) is 2.74. The number of aryl methyl sites for hydroxylation is 1. The summed E-state index contributed by atoms with van der Waals surface area (Å²) in [5.41, 5.74) is 2.31. The summed E-state index contributed by atoms with van der Waals surface area (Å²) in [6, 6.07) is 14.3. The Balaban J connectivity index is 1.95. The van der Waals surface area contributed by atoms with Crippen LogP contribution in [-0.4, -0.2) is 28.4 Å². The molecular formula is C19H21NO4S. The summed E-state index contributed by atoms with van der Waals surface area (Å²) in [6.07, 6.45) is 0.542. The van der Waals surface area contributed by atoms with Gasteiger partial charge >= 0.3 is 5.97 Å². The van der Waals surface area contributed by atoms with E-state index in [1.165, 1.54) is 19.2 Å². The van der Waals surface area contributed by atoms with Crippen molar-refractivity contribution in [1.29, 1.82) is 0 Å². The fourth-order valence-electron chi connectivity index (χ4n) is 2.20. The molecule has 0 aliphatic heterocycles. The van der Waals surface area contributed by atoms with Crippen molar-refractivity contribution in [1.82, 2.24) is 5.32 Å². The number of carbonyl (C=O) groups is 2. The van der Waals surface area contributed by atoms with Crippen LogP contribution in [0.15, 0.2) is 53.4 Å². The summed E-state index contributed by atoms with van der Waals surface area (Å²) < 4.78 is 16.9. The lowest BCUT2D eigenvalue weighted by molar-refractivity contribution is -0.129. The summed E-state index contributed by atoms with van der Waals surface area (Å²) >= 11 is 0. The highest BCUT2D eigenvalue weighted by molar-refractivity contribution is 7.84. The molecule has 2 aromatic carbocycles. The maximum absolute atomic E-state index is 12.3. The van der Waals surface area contributed by atoms with Crippen molar-refractivity contribution >= 4 is 22.7 Å². The smallest absolute Gasteiger partial charge is 0.340 e. The lowest BCUT2D eigenvalue weighted by Gasteiger charge is -2.14. The van der Waals surface area contributed by atoms with E-state index in [1.54, 1.807) is 18.2 Å². The molecule has 5 nitrogen and oxygen atoms in total. The number of nitrogens with one attached hydrogen (secondary N) is 1. The van der Waals surface area contributed by atoms with Gasteiger partial charge in [0.25, 0.3) is 5.91 Å². The van der Waals surface area contributed by atoms with Crippen LogP contribution in [0.3, 0.4) is 0 Å². The van der Waals surface area contributed by atoms with Crippen molar-refractivity contribution in [3.63, 3.8) is 0 Å². The van der Waals surface area contributed by atoms with E-state index in [4.69, 9.17) is 4.74 Å². The molecule has 6 heteroatoms. The van der Waals surface area contributed by atoms with Gasteiger partial charge in [-0.05, 0) is 31.5 Å². The molecule has 132 valence electrons. The molecule has 0 spiro atoms. The third-order valence-corrected chi connectivity index (χ3v) is 4.63. The average molecular weight is 359 g/mol. The molecule has 0 aliphatic carbocycles. The number of rotatable bonds is 6. The van der Waals surface area contributed by atoms with Crippen LogP contribution in [-0.2, 0) is 26.9 Å². The lowest BCUT2D eigenvalue weighted by Crippen LogP contribution is -2.35. The Labute approximate surface area is 149 Å². The largest absolute Gasteiger partial charge is 0.449 e. The van der Waals surface area contributed by atoms with Gasteiger partial charge in [0.05, 0.1) is 21.3 Å². The highest BCUT2D eigenvalue weighted by Crippen LogP contribution is 2.14. The summed E-state index contributed by atoms with van der Waals surface area (Å²) in [6.45, 7) is 3.86. The fourth-order valence-corrected chi connectivity index (χ4v) is 2.93. The van der Waals surface area contributed by atoms with E-state index in [0.29, 0.717) is 11.4 Å². The van der Waals surface area contributed by atoms with Gasteiger partial charge in [0.1, 0.15) is 0 Å². The Morgan fingerprint density at radius 3 is 2.40 bits per heavy atom. The first-order chi connectivity index (χ1) is 11.9. The van der Waals surface area contributed by atoms with E-state index < -0.39 is 22.9 Å². The van der Waals surface area contributed by atoms with E-state index in [1.807, 2.05) is 31.2 Å². The van der Waals surface area contributed by atoms with Crippen molar-refractivity contribution in [3.05, 3.63) is 65.2 Å². The van der Waals surface area contributed by atoms with Gasteiger partial charge in [0, 0.05) is 12.8 Å². The maximum atomic E-state index is 12.3. The summed E-state index contributed by atoms with van der Waals surface area (Å²) in [7, 11) is -1.32. The van der Waals surface area contributed by atoms with Gasteiger partial charge in [-0.2, -0.15) is 0 Å². The van der Waals surface area contributed by atoms with Crippen LogP contribution < -0.4 is 5.32 Å². The van der Waals surface area contributed by atoms with E-state index in [9.17, 15) is 13.8 Å². The molecule has 0 saturated carbocycles. The molecule has 0 radical (unpaired) electrons. The topological polar surface area (TPSA) is 72.5 Å². The number of ether oxygens (including phenoxy) is 1. The molecule has 0 heterocycles. The maximum Gasteiger partial charge on any atom is 0.340 e. The summed E-state index contributed by atoms with van der Waals surface area (Å²) in [5.74, 6) is -1.05. The molecule has 2 aromatic rings. The van der Waals surface area contributed by atoms with Crippen LogP contribution in [0.4, 0.5) is 0 Å². The van der Waals surface area contributed by atoms with Gasteiger partial charge < -0.3 is 10.1 Å². The zero-order valence-electron chi connectivity index (χ0n) is 14.4. The number of esters is 1. The van der Waals surface area contributed by atoms with Crippen molar-refractivity contribution in [3.8, 4) is 0 Å². The molecule has 0 bridgehead atoms. The van der Waals surface area contributed by atoms with E-state index >= 15 is 0 Å². The molecule has 0 aromatic heterocycles. The number of amides is 1. The number of carbonyl (C=O) groups excluding carboxylic acids is 2. The molecule has 1 amide bonds. The fraction of sp³-hybridized carbons (Fsp3) is 0.263. The quantitative estimate of drug-likeness (QED) is 0.805. The normalized spacial score (nSPS) is 12.9. The Morgan fingerprint density at radius 2 is 1.76 bits per heavy atom. The van der Waals surface area contributed by atoms with Crippen molar-refractivity contribution < 1.29 is 18.5 Å². The Kier molecular flexibility index (Phi) is 6.47. The molecule has 0 saturated heterocycles. The molecule has 1 N–H and O–H groups in total. The summed E-state index contributed by atoms with van der Waals surface area (Å²) in [4.78, 5) is 24.8. The third kappa shape index (κ3) is 5.26. The monoisotopic (exact) mass is 359 g/mol. The van der Waals surface area contributed by atoms with E-state index in [-0.39, 0.29) is 11.5 Å². The van der Waals surface area contributed by atoms with Crippen molar-refractivity contribution in [2.24, 2.45) is 0 Å².